The minimum Gasteiger partial charge on any atom is -0.327 e. The molecule has 3 aromatic rings. The van der Waals surface area contributed by atoms with E-state index in [-0.39, 0.29) is 6.04 Å². The number of hydrazine groups is 1. The highest BCUT2D eigenvalue weighted by Gasteiger charge is 2.24. The standard InChI is InChI=1S/C21H26N8S/c1-4-28-12-16(13(2)26-28)17-11-24-20-19(23-9-10-29(17)20)25-21-18(14(3)27-30-21)15-5-7-22-8-6-15/h5,9-13,22,26H,4,6-8H2,1-3H3,(H,23,25). The molecule has 5 heterocycles. The molecule has 0 aliphatic carbocycles. The van der Waals surface area contributed by atoms with Crippen molar-refractivity contribution in [3.05, 3.63) is 47.8 Å². The minimum atomic E-state index is 0.233. The maximum absolute atomic E-state index is 4.70. The Bertz CT molecular complexity index is 1140. The second kappa shape index (κ2) is 7.82. The predicted octanol–water partition coefficient (Wildman–Crippen LogP) is 3.18. The lowest BCUT2D eigenvalue weighted by atomic mass is 10.0. The molecule has 5 rings (SSSR count). The minimum absolute atomic E-state index is 0.233. The van der Waals surface area contributed by atoms with Crippen LogP contribution in [0.25, 0.3) is 16.8 Å². The van der Waals surface area contributed by atoms with Crippen LogP contribution in [0.4, 0.5) is 10.8 Å². The summed E-state index contributed by atoms with van der Waals surface area (Å²) in [6.07, 6.45) is 11.2. The van der Waals surface area contributed by atoms with Crippen LogP contribution in [0.1, 0.15) is 37.2 Å². The van der Waals surface area contributed by atoms with Crippen LogP contribution in [-0.4, -0.2) is 49.4 Å². The summed E-state index contributed by atoms with van der Waals surface area (Å²) < 4.78 is 6.71. The van der Waals surface area contributed by atoms with Gasteiger partial charge in [0.15, 0.2) is 11.5 Å². The molecule has 0 fully saturated rings. The quantitative estimate of drug-likeness (QED) is 0.582. The van der Waals surface area contributed by atoms with Gasteiger partial charge in [0, 0.05) is 42.8 Å². The smallest absolute Gasteiger partial charge is 0.180 e. The van der Waals surface area contributed by atoms with Crippen LogP contribution >= 0.6 is 11.5 Å². The molecule has 0 radical (unpaired) electrons. The highest BCUT2D eigenvalue weighted by molar-refractivity contribution is 7.10. The van der Waals surface area contributed by atoms with Crippen molar-refractivity contribution < 1.29 is 0 Å². The third-order valence-electron chi connectivity index (χ3n) is 5.67. The molecule has 1 unspecified atom stereocenters. The number of nitrogens with one attached hydrogen (secondary N) is 3. The highest BCUT2D eigenvalue weighted by Crippen LogP contribution is 2.36. The van der Waals surface area contributed by atoms with Gasteiger partial charge in [-0.2, -0.15) is 4.37 Å². The number of imidazole rings is 1. The average Bonchev–Trinajstić information content (AvgIpc) is 3.45. The third kappa shape index (κ3) is 3.28. The summed E-state index contributed by atoms with van der Waals surface area (Å²) in [5, 5.41) is 10.0. The Morgan fingerprint density at radius 1 is 1.33 bits per heavy atom. The van der Waals surface area contributed by atoms with Crippen LogP contribution in [-0.2, 0) is 0 Å². The lowest BCUT2D eigenvalue weighted by molar-refractivity contribution is 0.295. The summed E-state index contributed by atoms with van der Waals surface area (Å²) in [5.74, 6) is 0.745. The Kier molecular flexibility index (Phi) is 5.01. The summed E-state index contributed by atoms with van der Waals surface area (Å²) in [6, 6.07) is 0.233. The van der Waals surface area contributed by atoms with Crippen LogP contribution in [0.3, 0.4) is 0 Å². The zero-order valence-corrected chi connectivity index (χ0v) is 18.3. The van der Waals surface area contributed by atoms with Crippen molar-refractivity contribution in [2.75, 3.05) is 25.0 Å². The Morgan fingerprint density at radius 3 is 3.00 bits per heavy atom. The first-order chi connectivity index (χ1) is 14.7. The van der Waals surface area contributed by atoms with E-state index in [1.54, 1.807) is 0 Å². The molecule has 8 nitrogen and oxygen atoms in total. The molecule has 3 N–H and O–H groups in total. The molecule has 0 bridgehead atoms. The normalized spacial score (nSPS) is 19.3. The Hall–Kier alpha value is -2.75. The van der Waals surface area contributed by atoms with Crippen molar-refractivity contribution in [3.63, 3.8) is 0 Å². The number of anilines is 2. The first-order valence-corrected chi connectivity index (χ1v) is 11.1. The summed E-state index contributed by atoms with van der Waals surface area (Å²) >= 11 is 1.48. The van der Waals surface area contributed by atoms with Crippen molar-refractivity contribution in [2.24, 2.45) is 0 Å². The zero-order chi connectivity index (χ0) is 20.7. The molecule has 156 valence electrons. The van der Waals surface area contributed by atoms with Crippen LogP contribution < -0.4 is 16.1 Å². The van der Waals surface area contributed by atoms with E-state index in [1.165, 1.54) is 28.2 Å². The van der Waals surface area contributed by atoms with Gasteiger partial charge in [0.2, 0.25) is 0 Å². The van der Waals surface area contributed by atoms with Gasteiger partial charge in [0.1, 0.15) is 5.00 Å². The van der Waals surface area contributed by atoms with Gasteiger partial charge in [0.25, 0.3) is 0 Å². The molecule has 0 saturated carbocycles. The molecule has 0 spiro atoms. The molecule has 3 aromatic heterocycles. The van der Waals surface area contributed by atoms with Crippen molar-refractivity contribution in [3.8, 4) is 0 Å². The van der Waals surface area contributed by atoms with Gasteiger partial charge >= 0.3 is 0 Å². The van der Waals surface area contributed by atoms with E-state index in [4.69, 9.17) is 4.98 Å². The van der Waals surface area contributed by atoms with Gasteiger partial charge in [-0.25, -0.2) is 15.4 Å². The molecule has 1 atom stereocenters. The second-order valence-corrected chi connectivity index (χ2v) is 8.39. The van der Waals surface area contributed by atoms with Gasteiger partial charge in [-0.05, 0) is 50.8 Å². The van der Waals surface area contributed by atoms with Gasteiger partial charge < -0.3 is 15.6 Å². The number of hydrogen-bond acceptors (Lipinski definition) is 8. The second-order valence-electron chi connectivity index (χ2n) is 7.61. The van der Waals surface area contributed by atoms with E-state index in [2.05, 4.69) is 67.9 Å². The topological polar surface area (TPSA) is 82.4 Å². The van der Waals surface area contributed by atoms with Crippen LogP contribution in [0, 0.1) is 6.92 Å². The molecular formula is C21H26N8S. The molecular weight excluding hydrogens is 396 g/mol. The van der Waals surface area contributed by atoms with E-state index in [0.29, 0.717) is 0 Å². The van der Waals surface area contributed by atoms with Crippen molar-refractivity contribution >= 4 is 39.1 Å². The SMILES string of the molecule is CCN1C=C(c2cnc3c(Nc4snc(C)c4C4=CCNCC4)nccn23)C(C)N1. The number of aromatic nitrogens is 4. The lowest BCUT2D eigenvalue weighted by Gasteiger charge is -2.16. The van der Waals surface area contributed by atoms with Crippen LogP contribution in [0.5, 0.6) is 0 Å². The average molecular weight is 423 g/mol. The highest BCUT2D eigenvalue weighted by atomic mass is 32.1. The van der Waals surface area contributed by atoms with E-state index < -0.39 is 0 Å². The fraction of sp³-hybridized carbons (Fsp3) is 0.381. The largest absolute Gasteiger partial charge is 0.327 e. The van der Waals surface area contributed by atoms with E-state index in [9.17, 15) is 0 Å². The number of nitrogens with zero attached hydrogens (tertiary/aromatic N) is 5. The van der Waals surface area contributed by atoms with Crippen molar-refractivity contribution in [2.45, 2.75) is 33.2 Å². The molecule has 0 amide bonds. The number of fused-ring (bicyclic) bond motifs is 1. The number of rotatable bonds is 5. The summed E-state index contributed by atoms with van der Waals surface area (Å²) in [5.41, 5.74) is 10.2. The third-order valence-corrected chi connectivity index (χ3v) is 6.52. The van der Waals surface area contributed by atoms with Crippen LogP contribution in [0.2, 0.25) is 0 Å². The van der Waals surface area contributed by atoms with E-state index in [0.717, 1.165) is 53.9 Å². The maximum atomic E-state index is 4.70. The molecule has 0 saturated heterocycles. The fourth-order valence-corrected chi connectivity index (χ4v) is 4.95. The number of hydrogen-bond donors (Lipinski definition) is 3. The lowest BCUT2D eigenvalue weighted by Crippen LogP contribution is -2.33. The molecule has 2 aliphatic heterocycles. The summed E-state index contributed by atoms with van der Waals surface area (Å²) in [6.45, 7) is 9.18. The monoisotopic (exact) mass is 422 g/mol. The first-order valence-electron chi connectivity index (χ1n) is 10.4. The predicted molar refractivity (Wildman–Crippen MR) is 122 cm³/mol. The van der Waals surface area contributed by atoms with Gasteiger partial charge in [-0.3, -0.25) is 4.40 Å². The summed E-state index contributed by atoms with van der Waals surface area (Å²) in [7, 11) is 0. The van der Waals surface area contributed by atoms with Gasteiger partial charge in [0.05, 0.1) is 23.6 Å². The van der Waals surface area contributed by atoms with Crippen molar-refractivity contribution in [1.29, 1.82) is 0 Å². The van der Waals surface area contributed by atoms with Gasteiger partial charge in [-0.1, -0.05) is 6.08 Å². The molecule has 2 aliphatic rings. The van der Waals surface area contributed by atoms with Crippen LogP contribution in [0.15, 0.2) is 30.9 Å². The molecule has 30 heavy (non-hydrogen) atoms. The van der Waals surface area contributed by atoms with Gasteiger partial charge in [-0.15, -0.1) is 0 Å². The summed E-state index contributed by atoms with van der Waals surface area (Å²) in [4.78, 5) is 9.30. The van der Waals surface area contributed by atoms with E-state index >= 15 is 0 Å². The molecule has 0 aromatic carbocycles. The first kappa shape index (κ1) is 19.2. The Labute approximate surface area is 179 Å². The Morgan fingerprint density at radius 2 is 2.23 bits per heavy atom. The molecule has 9 heteroatoms. The number of aryl methyl sites for hydroxylation is 1. The maximum Gasteiger partial charge on any atom is 0.180 e. The van der Waals surface area contributed by atoms with E-state index in [1.807, 2.05) is 18.6 Å². The Balaban J connectivity index is 1.52. The fourth-order valence-electron chi connectivity index (χ4n) is 4.12. The van der Waals surface area contributed by atoms with Crippen molar-refractivity contribution in [1.82, 2.24) is 34.5 Å². The zero-order valence-electron chi connectivity index (χ0n) is 17.4.